The van der Waals surface area contributed by atoms with E-state index in [2.05, 4.69) is 21.4 Å². The van der Waals surface area contributed by atoms with Gasteiger partial charge in [-0.3, -0.25) is 10.2 Å². The van der Waals surface area contributed by atoms with Gasteiger partial charge in [-0.05, 0) is 47.0 Å². The van der Waals surface area contributed by atoms with Crippen molar-refractivity contribution < 1.29 is 4.79 Å². The van der Waals surface area contributed by atoms with Gasteiger partial charge in [-0.1, -0.05) is 18.0 Å². The minimum absolute atomic E-state index is 0.0960. The van der Waals surface area contributed by atoms with Crippen molar-refractivity contribution in [2.75, 3.05) is 13.1 Å². The van der Waals surface area contributed by atoms with Gasteiger partial charge >= 0.3 is 0 Å². The summed E-state index contributed by atoms with van der Waals surface area (Å²) in [5.41, 5.74) is 3.49. The Bertz CT molecular complexity index is 419. The number of rotatable bonds is 2. The molecule has 0 unspecified atom stereocenters. The van der Waals surface area contributed by atoms with Crippen LogP contribution in [0.4, 0.5) is 0 Å². The fraction of sp³-hybridized carbons (Fsp3) is 0.417. The lowest BCUT2D eigenvalue weighted by Crippen LogP contribution is -2.45. The molecule has 1 amide bonds. The van der Waals surface area contributed by atoms with Crippen molar-refractivity contribution >= 4 is 33.4 Å². The Morgan fingerprint density at radius 2 is 2.00 bits per heavy atom. The molecular formula is C12H14BrClN2O. The van der Waals surface area contributed by atoms with Crippen molar-refractivity contribution in [1.82, 2.24) is 10.4 Å². The molecule has 0 spiro atoms. The molecule has 1 aromatic rings. The first-order chi connectivity index (χ1) is 8.16. The Hall–Kier alpha value is -0.580. The predicted molar refractivity (Wildman–Crippen MR) is 72.0 cm³/mol. The van der Waals surface area contributed by atoms with Crippen LogP contribution in [0.5, 0.6) is 0 Å². The van der Waals surface area contributed by atoms with E-state index in [9.17, 15) is 4.79 Å². The number of nitrogens with one attached hydrogen (secondary N) is 1. The zero-order chi connectivity index (χ0) is 12.3. The molecule has 1 heterocycles. The molecule has 0 bridgehead atoms. The highest BCUT2D eigenvalue weighted by atomic mass is 79.9. The summed E-state index contributed by atoms with van der Waals surface area (Å²) in [5.74, 6) is -0.0960. The van der Waals surface area contributed by atoms with E-state index < -0.39 is 0 Å². The van der Waals surface area contributed by atoms with Gasteiger partial charge < -0.3 is 0 Å². The number of halogens is 2. The van der Waals surface area contributed by atoms with E-state index in [0.29, 0.717) is 10.6 Å². The van der Waals surface area contributed by atoms with E-state index >= 15 is 0 Å². The zero-order valence-corrected chi connectivity index (χ0v) is 11.7. The maximum Gasteiger partial charge on any atom is 0.265 e. The molecule has 92 valence electrons. The van der Waals surface area contributed by atoms with Gasteiger partial charge in [-0.15, -0.1) is 0 Å². The summed E-state index contributed by atoms with van der Waals surface area (Å²) in [4.78, 5) is 11.9. The second kappa shape index (κ2) is 5.85. The van der Waals surface area contributed by atoms with Crippen molar-refractivity contribution in [1.29, 1.82) is 0 Å². The van der Waals surface area contributed by atoms with Crippen LogP contribution in [0.2, 0.25) is 5.02 Å². The third kappa shape index (κ3) is 3.44. The minimum atomic E-state index is -0.0960. The van der Waals surface area contributed by atoms with Crippen molar-refractivity contribution in [3.63, 3.8) is 0 Å². The molecule has 3 nitrogen and oxygen atoms in total. The fourth-order valence-electron chi connectivity index (χ4n) is 1.85. The molecule has 1 saturated heterocycles. The topological polar surface area (TPSA) is 32.3 Å². The van der Waals surface area contributed by atoms with Gasteiger partial charge in [-0.2, -0.15) is 0 Å². The number of carbonyl (C=O) groups excluding carboxylic acids is 1. The van der Waals surface area contributed by atoms with Crippen LogP contribution in [0.15, 0.2) is 22.7 Å². The van der Waals surface area contributed by atoms with Gasteiger partial charge in [0.05, 0.1) is 5.02 Å². The summed E-state index contributed by atoms with van der Waals surface area (Å²) in [6, 6.07) is 5.22. The second-order valence-corrected chi connectivity index (χ2v) is 5.38. The van der Waals surface area contributed by atoms with Gasteiger partial charge in [-0.25, -0.2) is 5.01 Å². The van der Waals surface area contributed by atoms with Crippen LogP contribution in [-0.4, -0.2) is 24.0 Å². The quantitative estimate of drug-likeness (QED) is 0.908. The molecule has 0 saturated carbocycles. The first kappa shape index (κ1) is 12.9. The van der Waals surface area contributed by atoms with Crippen LogP contribution in [0.3, 0.4) is 0 Å². The van der Waals surface area contributed by atoms with E-state index in [1.807, 2.05) is 5.01 Å². The summed E-state index contributed by atoms with van der Waals surface area (Å²) in [7, 11) is 0. The Morgan fingerprint density at radius 1 is 1.29 bits per heavy atom. The first-order valence-corrected chi connectivity index (χ1v) is 6.85. The first-order valence-electron chi connectivity index (χ1n) is 5.68. The summed E-state index contributed by atoms with van der Waals surface area (Å²) in [6.45, 7) is 1.85. The minimum Gasteiger partial charge on any atom is -0.285 e. The third-order valence-corrected chi connectivity index (χ3v) is 4.03. The highest BCUT2D eigenvalue weighted by Gasteiger charge is 2.14. The average Bonchev–Trinajstić information content (AvgIpc) is 2.34. The molecule has 1 fully saturated rings. The van der Waals surface area contributed by atoms with Crippen LogP contribution in [0, 0.1) is 0 Å². The van der Waals surface area contributed by atoms with Crippen molar-refractivity contribution in [3.05, 3.63) is 33.3 Å². The lowest BCUT2D eigenvalue weighted by atomic mass is 10.1. The van der Waals surface area contributed by atoms with E-state index in [1.54, 1.807) is 18.2 Å². The monoisotopic (exact) mass is 316 g/mol. The summed E-state index contributed by atoms with van der Waals surface area (Å²) >= 11 is 9.26. The van der Waals surface area contributed by atoms with Crippen molar-refractivity contribution in [2.24, 2.45) is 0 Å². The van der Waals surface area contributed by atoms with Gasteiger partial charge in [0.25, 0.3) is 5.91 Å². The van der Waals surface area contributed by atoms with Crippen LogP contribution in [0.25, 0.3) is 0 Å². The zero-order valence-electron chi connectivity index (χ0n) is 9.38. The molecule has 1 aliphatic heterocycles. The van der Waals surface area contributed by atoms with Gasteiger partial charge in [0.1, 0.15) is 0 Å². The Balaban J connectivity index is 2.01. The number of carbonyl (C=O) groups is 1. The molecule has 2 rings (SSSR count). The van der Waals surface area contributed by atoms with E-state index in [-0.39, 0.29) is 5.91 Å². The predicted octanol–water partition coefficient (Wildman–Crippen LogP) is 3.23. The maximum absolute atomic E-state index is 11.9. The van der Waals surface area contributed by atoms with Crippen LogP contribution < -0.4 is 5.43 Å². The van der Waals surface area contributed by atoms with Gasteiger partial charge in [0, 0.05) is 23.1 Å². The number of amides is 1. The molecular weight excluding hydrogens is 304 g/mol. The average molecular weight is 318 g/mol. The summed E-state index contributed by atoms with van der Waals surface area (Å²) in [6.07, 6.45) is 3.53. The molecule has 5 heteroatoms. The molecule has 0 aromatic heterocycles. The SMILES string of the molecule is O=C(NN1CCCCC1)c1ccc(Br)c(Cl)c1. The fourth-order valence-corrected chi connectivity index (χ4v) is 2.28. The molecule has 17 heavy (non-hydrogen) atoms. The van der Waals surface area contributed by atoms with E-state index in [4.69, 9.17) is 11.6 Å². The lowest BCUT2D eigenvalue weighted by Gasteiger charge is -2.26. The molecule has 0 aliphatic carbocycles. The number of benzene rings is 1. The smallest absolute Gasteiger partial charge is 0.265 e. The van der Waals surface area contributed by atoms with Crippen LogP contribution in [-0.2, 0) is 0 Å². The van der Waals surface area contributed by atoms with Gasteiger partial charge in [0.2, 0.25) is 0 Å². The molecule has 0 radical (unpaired) electrons. The number of hydrogen-bond acceptors (Lipinski definition) is 2. The molecule has 1 aromatic carbocycles. The van der Waals surface area contributed by atoms with Crippen molar-refractivity contribution in [3.8, 4) is 0 Å². The number of hydrogen-bond donors (Lipinski definition) is 1. The second-order valence-electron chi connectivity index (χ2n) is 4.12. The maximum atomic E-state index is 11.9. The summed E-state index contributed by atoms with van der Waals surface area (Å²) in [5, 5.41) is 2.53. The number of piperidine rings is 1. The normalized spacial score (nSPS) is 16.8. The Morgan fingerprint density at radius 3 is 2.65 bits per heavy atom. The van der Waals surface area contributed by atoms with Crippen LogP contribution in [0.1, 0.15) is 29.6 Å². The molecule has 1 N–H and O–H groups in total. The van der Waals surface area contributed by atoms with E-state index in [0.717, 1.165) is 30.4 Å². The van der Waals surface area contributed by atoms with Gasteiger partial charge in [0.15, 0.2) is 0 Å². The standard InChI is InChI=1S/C12H14BrClN2O/c13-10-5-4-9(8-11(10)14)12(17)15-16-6-2-1-3-7-16/h4-5,8H,1-3,6-7H2,(H,15,17). The van der Waals surface area contributed by atoms with E-state index in [1.165, 1.54) is 6.42 Å². The lowest BCUT2D eigenvalue weighted by molar-refractivity contribution is 0.0750. The molecule has 1 aliphatic rings. The largest absolute Gasteiger partial charge is 0.285 e. The Kier molecular flexibility index (Phi) is 4.42. The highest BCUT2D eigenvalue weighted by Crippen LogP contribution is 2.23. The molecule has 0 atom stereocenters. The summed E-state index contributed by atoms with van der Waals surface area (Å²) < 4.78 is 0.800. The number of hydrazine groups is 1. The Labute approximate surface area is 114 Å². The third-order valence-electron chi connectivity index (χ3n) is 2.80. The van der Waals surface area contributed by atoms with Crippen LogP contribution >= 0.6 is 27.5 Å². The highest BCUT2D eigenvalue weighted by molar-refractivity contribution is 9.10. The van der Waals surface area contributed by atoms with Crippen molar-refractivity contribution in [2.45, 2.75) is 19.3 Å². The number of nitrogens with zero attached hydrogens (tertiary/aromatic N) is 1.